The van der Waals surface area contributed by atoms with Gasteiger partial charge in [-0.25, -0.2) is 5.43 Å². The fraction of sp³-hybridized carbons (Fsp3) is 0.190. The molecule has 0 atom stereocenters. The molecule has 2 rings (SSSR count). The molecule has 9 heteroatoms. The number of hydrogen-bond acceptors (Lipinski definition) is 6. The van der Waals surface area contributed by atoms with Crippen molar-refractivity contribution >= 4 is 34.0 Å². The number of rotatable bonds is 10. The van der Waals surface area contributed by atoms with Crippen molar-refractivity contribution in [2.45, 2.75) is 0 Å². The minimum absolute atomic E-state index is 0.241. The molecule has 2 aromatic rings. The predicted molar refractivity (Wildman–Crippen MR) is 117 cm³/mol. The SMILES string of the molecule is C=CCOc1c(Br)cc(C=NNC(=O)CNC(=O)c2ccccc2OC)cc1OC. The maximum atomic E-state index is 12.2. The Hall–Kier alpha value is -3.33. The van der Waals surface area contributed by atoms with Crippen LogP contribution in [-0.2, 0) is 4.79 Å². The molecule has 2 N–H and O–H groups in total. The van der Waals surface area contributed by atoms with E-state index in [-0.39, 0.29) is 6.54 Å². The van der Waals surface area contributed by atoms with Crippen LogP contribution in [0, 0.1) is 0 Å². The van der Waals surface area contributed by atoms with Gasteiger partial charge in [-0.1, -0.05) is 24.8 Å². The number of nitrogens with zero attached hydrogens (tertiary/aromatic N) is 1. The quantitative estimate of drug-likeness (QED) is 0.312. The molecule has 0 aliphatic carbocycles. The Kier molecular flexibility index (Phi) is 8.89. The lowest BCUT2D eigenvalue weighted by atomic mass is 10.2. The summed E-state index contributed by atoms with van der Waals surface area (Å²) >= 11 is 3.42. The van der Waals surface area contributed by atoms with Crippen molar-refractivity contribution in [2.24, 2.45) is 5.10 Å². The number of hydrogen-bond donors (Lipinski definition) is 2. The van der Waals surface area contributed by atoms with Crippen LogP contribution in [0.4, 0.5) is 0 Å². The smallest absolute Gasteiger partial charge is 0.259 e. The first-order valence-electron chi connectivity index (χ1n) is 8.84. The third-order valence-corrected chi connectivity index (χ3v) is 4.35. The minimum Gasteiger partial charge on any atom is -0.496 e. The Labute approximate surface area is 183 Å². The summed E-state index contributed by atoms with van der Waals surface area (Å²) in [7, 11) is 2.99. The average Bonchev–Trinajstić information content (AvgIpc) is 2.76. The predicted octanol–water partition coefficient (Wildman–Crippen LogP) is 2.91. The number of halogens is 1. The van der Waals surface area contributed by atoms with Crippen LogP contribution in [0.1, 0.15) is 15.9 Å². The van der Waals surface area contributed by atoms with Gasteiger partial charge < -0.3 is 19.5 Å². The maximum Gasteiger partial charge on any atom is 0.259 e. The molecule has 30 heavy (non-hydrogen) atoms. The molecule has 0 saturated carbocycles. The normalized spacial score (nSPS) is 10.4. The van der Waals surface area contributed by atoms with Crippen molar-refractivity contribution in [3.05, 3.63) is 64.7 Å². The highest BCUT2D eigenvalue weighted by molar-refractivity contribution is 9.10. The van der Waals surface area contributed by atoms with Crippen molar-refractivity contribution in [3.63, 3.8) is 0 Å². The monoisotopic (exact) mass is 475 g/mol. The van der Waals surface area contributed by atoms with Gasteiger partial charge in [-0.05, 0) is 45.8 Å². The topological polar surface area (TPSA) is 98.2 Å². The van der Waals surface area contributed by atoms with Gasteiger partial charge in [-0.3, -0.25) is 9.59 Å². The van der Waals surface area contributed by atoms with E-state index in [1.54, 1.807) is 42.5 Å². The number of benzene rings is 2. The molecule has 0 bridgehead atoms. The van der Waals surface area contributed by atoms with Crippen molar-refractivity contribution in [1.29, 1.82) is 0 Å². The van der Waals surface area contributed by atoms with Crippen LogP contribution in [0.15, 0.2) is 58.6 Å². The third-order valence-electron chi connectivity index (χ3n) is 3.76. The van der Waals surface area contributed by atoms with E-state index < -0.39 is 11.8 Å². The summed E-state index contributed by atoms with van der Waals surface area (Å²) in [5.74, 6) is 0.566. The first-order chi connectivity index (χ1) is 14.5. The number of methoxy groups -OCH3 is 2. The van der Waals surface area contributed by atoms with Gasteiger partial charge in [-0.15, -0.1) is 0 Å². The van der Waals surface area contributed by atoms with Crippen LogP contribution in [0.2, 0.25) is 0 Å². The average molecular weight is 476 g/mol. The Morgan fingerprint density at radius 1 is 1.17 bits per heavy atom. The van der Waals surface area contributed by atoms with Crippen molar-refractivity contribution in [1.82, 2.24) is 10.7 Å². The highest BCUT2D eigenvalue weighted by Gasteiger charge is 2.13. The molecule has 8 nitrogen and oxygen atoms in total. The lowest BCUT2D eigenvalue weighted by Crippen LogP contribution is -2.35. The van der Waals surface area contributed by atoms with Crippen LogP contribution in [-0.4, -0.2) is 45.4 Å². The molecule has 0 aromatic heterocycles. The standard InChI is InChI=1S/C21H22BrN3O5/c1-4-9-30-20-16(22)10-14(11-18(20)29-3)12-24-25-19(26)13-23-21(27)15-7-5-6-8-17(15)28-2/h4-8,10-12H,1,9,13H2,2-3H3,(H,23,27)(H,25,26). The van der Waals surface area contributed by atoms with E-state index in [0.717, 1.165) is 0 Å². The van der Waals surface area contributed by atoms with E-state index in [1.165, 1.54) is 20.4 Å². The Morgan fingerprint density at radius 3 is 2.60 bits per heavy atom. The molecule has 0 aliphatic heterocycles. The summed E-state index contributed by atoms with van der Waals surface area (Å²) in [6.07, 6.45) is 3.08. The fourth-order valence-electron chi connectivity index (χ4n) is 2.40. The van der Waals surface area contributed by atoms with Crippen molar-refractivity contribution in [3.8, 4) is 17.2 Å². The second-order valence-electron chi connectivity index (χ2n) is 5.81. The summed E-state index contributed by atoms with van der Waals surface area (Å²) in [4.78, 5) is 24.1. The molecule has 0 spiro atoms. The van der Waals surface area contributed by atoms with Gasteiger partial charge in [0.2, 0.25) is 0 Å². The molecular weight excluding hydrogens is 454 g/mol. The molecule has 0 unspecified atom stereocenters. The van der Waals surface area contributed by atoms with E-state index in [4.69, 9.17) is 14.2 Å². The Balaban J connectivity index is 1.93. The summed E-state index contributed by atoms with van der Waals surface area (Å²) in [5.41, 5.74) is 3.37. The van der Waals surface area contributed by atoms with Gasteiger partial charge in [0.1, 0.15) is 12.4 Å². The second-order valence-corrected chi connectivity index (χ2v) is 6.66. The van der Waals surface area contributed by atoms with Crippen LogP contribution >= 0.6 is 15.9 Å². The Morgan fingerprint density at radius 2 is 1.90 bits per heavy atom. The van der Waals surface area contributed by atoms with Gasteiger partial charge >= 0.3 is 0 Å². The maximum absolute atomic E-state index is 12.2. The molecule has 0 aliphatic rings. The molecule has 0 radical (unpaired) electrons. The lowest BCUT2D eigenvalue weighted by molar-refractivity contribution is -0.120. The van der Waals surface area contributed by atoms with Crippen LogP contribution in [0.25, 0.3) is 0 Å². The van der Waals surface area contributed by atoms with Gasteiger partial charge in [0.05, 0.1) is 37.0 Å². The Bertz CT molecular complexity index is 946. The van der Waals surface area contributed by atoms with Gasteiger partial charge in [0.15, 0.2) is 11.5 Å². The largest absolute Gasteiger partial charge is 0.496 e. The highest BCUT2D eigenvalue weighted by atomic mass is 79.9. The van der Waals surface area contributed by atoms with Crippen molar-refractivity contribution in [2.75, 3.05) is 27.4 Å². The number of hydrazone groups is 1. The highest BCUT2D eigenvalue weighted by Crippen LogP contribution is 2.36. The zero-order chi connectivity index (χ0) is 21.9. The zero-order valence-electron chi connectivity index (χ0n) is 16.6. The molecule has 158 valence electrons. The first kappa shape index (κ1) is 23.0. The number of amides is 2. The number of nitrogens with one attached hydrogen (secondary N) is 2. The number of ether oxygens (including phenoxy) is 3. The molecule has 0 saturated heterocycles. The summed E-state index contributed by atoms with van der Waals surface area (Å²) in [6, 6.07) is 10.2. The summed E-state index contributed by atoms with van der Waals surface area (Å²) in [5, 5.41) is 6.42. The van der Waals surface area contributed by atoms with Crippen LogP contribution in [0.5, 0.6) is 17.2 Å². The van der Waals surface area contributed by atoms with Crippen molar-refractivity contribution < 1.29 is 23.8 Å². The zero-order valence-corrected chi connectivity index (χ0v) is 18.2. The molecular formula is C21H22BrN3O5. The van der Waals surface area contributed by atoms with Crippen LogP contribution in [0.3, 0.4) is 0 Å². The molecule has 2 amide bonds. The number of carbonyl (C=O) groups is 2. The summed E-state index contributed by atoms with van der Waals surface area (Å²) < 4.78 is 16.7. The van der Waals surface area contributed by atoms with Crippen LogP contribution < -0.4 is 25.0 Å². The summed E-state index contributed by atoms with van der Waals surface area (Å²) in [6.45, 7) is 3.70. The third kappa shape index (κ3) is 6.35. The molecule has 0 heterocycles. The van der Waals surface area contributed by atoms with E-state index in [9.17, 15) is 9.59 Å². The van der Waals surface area contributed by atoms with Gasteiger partial charge in [0, 0.05) is 0 Å². The first-order valence-corrected chi connectivity index (χ1v) is 9.63. The van der Waals surface area contributed by atoms with E-state index in [0.29, 0.717) is 39.5 Å². The minimum atomic E-state index is -0.480. The van der Waals surface area contributed by atoms with E-state index >= 15 is 0 Å². The van der Waals surface area contributed by atoms with Gasteiger partial charge in [-0.2, -0.15) is 5.10 Å². The second kappa shape index (κ2) is 11.6. The van der Waals surface area contributed by atoms with Gasteiger partial charge in [0.25, 0.3) is 11.8 Å². The lowest BCUT2D eigenvalue weighted by Gasteiger charge is -2.12. The van der Waals surface area contributed by atoms with E-state index in [1.807, 2.05) is 0 Å². The number of para-hydroxylation sites is 1. The fourth-order valence-corrected chi connectivity index (χ4v) is 2.98. The molecule has 2 aromatic carbocycles. The van der Waals surface area contributed by atoms with E-state index in [2.05, 4.69) is 38.4 Å². The molecule has 0 fully saturated rings. The number of carbonyl (C=O) groups excluding carboxylic acids is 2.